The average Bonchev–Trinajstić information content (AvgIpc) is 2.86. The molecule has 4 rings (SSSR count). The predicted octanol–water partition coefficient (Wildman–Crippen LogP) is 4.63. The van der Waals surface area contributed by atoms with E-state index in [0.717, 1.165) is 5.75 Å². The summed E-state index contributed by atoms with van der Waals surface area (Å²) in [5.74, 6) is 1.49. The van der Waals surface area contributed by atoms with Crippen LogP contribution in [-0.4, -0.2) is 29.5 Å². The van der Waals surface area contributed by atoms with Crippen molar-refractivity contribution < 1.29 is 0 Å². The van der Waals surface area contributed by atoms with Gasteiger partial charge in [-0.15, -0.1) is 0 Å². The third kappa shape index (κ3) is 2.35. The zero-order valence-corrected chi connectivity index (χ0v) is 15.6. The molecule has 1 aliphatic carbocycles. The standard InChI is InChI=1S/C20H28N2S/c1-20(2,3)12-8-14-13-6-5-7-22(4)18(13)10-15-17(11-23)21-16(9-12)19(14)15/h8-9,13,18,21,23H,5-7,10-11H2,1-4H3. The molecule has 0 radical (unpaired) electrons. The number of aromatic amines is 1. The number of piperidine rings is 1. The summed E-state index contributed by atoms with van der Waals surface area (Å²) in [4.78, 5) is 6.27. The van der Waals surface area contributed by atoms with Crippen LogP contribution in [-0.2, 0) is 17.6 Å². The Morgan fingerprint density at radius 2 is 2.09 bits per heavy atom. The molecule has 0 spiro atoms. The Balaban J connectivity index is 1.99. The number of nitrogens with zero attached hydrogens (tertiary/aromatic N) is 1. The van der Waals surface area contributed by atoms with E-state index in [1.54, 1.807) is 5.56 Å². The third-order valence-corrected chi connectivity index (χ3v) is 6.33. The minimum Gasteiger partial charge on any atom is -0.357 e. The molecule has 0 bridgehead atoms. The van der Waals surface area contributed by atoms with E-state index in [4.69, 9.17) is 0 Å². The van der Waals surface area contributed by atoms with Crippen LogP contribution in [0, 0.1) is 0 Å². The lowest BCUT2D eigenvalue weighted by Crippen LogP contribution is -2.44. The number of likely N-dealkylation sites (N-methyl/N-ethyl adjacent to an activating group) is 1. The lowest BCUT2D eigenvalue weighted by atomic mass is 9.73. The highest BCUT2D eigenvalue weighted by atomic mass is 32.1. The molecule has 2 heterocycles. The van der Waals surface area contributed by atoms with Gasteiger partial charge in [-0.2, -0.15) is 12.6 Å². The maximum Gasteiger partial charge on any atom is 0.0465 e. The monoisotopic (exact) mass is 328 g/mol. The third-order valence-electron chi connectivity index (χ3n) is 6.01. The molecule has 1 fully saturated rings. The van der Waals surface area contributed by atoms with Gasteiger partial charge in [0.25, 0.3) is 0 Å². The zero-order chi connectivity index (χ0) is 16.4. The summed E-state index contributed by atoms with van der Waals surface area (Å²) in [5, 5.41) is 1.51. The van der Waals surface area contributed by atoms with Gasteiger partial charge >= 0.3 is 0 Å². The maximum atomic E-state index is 4.58. The molecule has 124 valence electrons. The molecule has 2 atom stereocenters. The number of hydrogen-bond donors (Lipinski definition) is 2. The molecule has 2 aromatic rings. The second-order valence-corrected chi connectivity index (χ2v) is 8.80. The number of fused-ring (bicyclic) bond motifs is 2. The van der Waals surface area contributed by atoms with Crippen molar-refractivity contribution in [1.29, 1.82) is 0 Å². The summed E-state index contributed by atoms with van der Waals surface area (Å²) in [6, 6.07) is 5.55. The van der Waals surface area contributed by atoms with Crippen LogP contribution in [0.15, 0.2) is 12.1 Å². The quantitative estimate of drug-likeness (QED) is 0.731. The topological polar surface area (TPSA) is 19.0 Å². The lowest BCUT2D eigenvalue weighted by Gasteiger charge is -2.43. The summed E-state index contributed by atoms with van der Waals surface area (Å²) >= 11 is 4.58. The number of aromatic nitrogens is 1. The van der Waals surface area contributed by atoms with Crippen LogP contribution < -0.4 is 0 Å². The summed E-state index contributed by atoms with van der Waals surface area (Å²) in [6.45, 7) is 8.19. The Kier molecular flexibility index (Phi) is 3.58. The number of nitrogens with one attached hydrogen (secondary N) is 1. The molecule has 3 heteroatoms. The minimum atomic E-state index is 0.185. The molecule has 1 saturated heterocycles. The van der Waals surface area contributed by atoms with Crippen molar-refractivity contribution in [1.82, 2.24) is 9.88 Å². The summed E-state index contributed by atoms with van der Waals surface area (Å²) in [7, 11) is 2.31. The molecule has 0 amide bonds. The van der Waals surface area contributed by atoms with Crippen LogP contribution >= 0.6 is 12.6 Å². The van der Waals surface area contributed by atoms with E-state index < -0.39 is 0 Å². The number of benzene rings is 1. The summed E-state index contributed by atoms with van der Waals surface area (Å²) < 4.78 is 0. The van der Waals surface area contributed by atoms with Gasteiger partial charge in [-0.25, -0.2) is 0 Å². The molecule has 2 unspecified atom stereocenters. The zero-order valence-electron chi connectivity index (χ0n) is 14.7. The Labute approximate surface area is 145 Å². The predicted molar refractivity (Wildman–Crippen MR) is 102 cm³/mol. The van der Waals surface area contributed by atoms with Gasteiger partial charge in [-0.05, 0) is 61.0 Å². The Morgan fingerprint density at radius 1 is 1.30 bits per heavy atom. The fourth-order valence-electron chi connectivity index (χ4n) is 4.67. The first-order valence-electron chi connectivity index (χ1n) is 8.89. The van der Waals surface area contributed by atoms with Gasteiger partial charge in [0.2, 0.25) is 0 Å². The number of thiol groups is 1. The number of hydrogen-bond acceptors (Lipinski definition) is 2. The lowest BCUT2D eigenvalue weighted by molar-refractivity contribution is 0.157. The number of rotatable bonds is 1. The Morgan fingerprint density at radius 3 is 2.78 bits per heavy atom. The second kappa shape index (κ2) is 5.29. The van der Waals surface area contributed by atoms with Gasteiger partial charge in [0.15, 0.2) is 0 Å². The maximum absolute atomic E-state index is 4.58. The van der Waals surface area contributed by atoms with E-state index in [-0.39, 0.29) is 5.41 Å². The van der Waals surface area contributed by atoms with Gasteiger partial charge in [0.1, 0.15) is 0 Å². The van der Waals surface area contributed by atoms with Gasteiger partial charge in [-0.3, -0.25) is 0 Å². The van der Waals surface area contributed by atoms with Crippen molar-refractivity contribution >= 4 is 23.5 Å². The highest BCUT2D eigenvalue weighted by Crippen LogP contribution is 2.45. The van der Waals surface area contributed by atoms with Crippen LogP contribution in [0.4, 0.5) is 0 Å². The van der Waals surface area contributed by atoms with Gasteiger partial charge in [0, 0.05) is 34.3 Å². The van der Waals surface area contributed by atoms with Gasteiger partial charge in [-0.1, -0.05) is 26.8 Å². The first kappa shape index (κ1) is 15.6. The first-order valence-corrected chi connectivity index (χ1v) is 9.52. The first-order chi connectivity index (χ1) is 10.9. The van der Waals surface area contributed by atoms with Crippen LogP contribution in [0.25, 0.3) is 10.9 Å². The minimum absolute atomic E-state index is 0.185. The van der Waals surface area contributed by atoms with Crippen LogP contribution in [0.2, 0.25) is 0 Å². The summed E-state index contributed by atoms with van der Waals surface area (Å²) in [5.41, 5.74) is 7.42. The molecule has 0 saturated carbocycles. The Hall–Kier alpha value is -0.930. The smallest absolute Gasteiger partial charge is 0.0465 e. The van der Waals surface area contributed by atoms with E-state index in [0.29, 0.717) is 12.0 Å². The largest absolute Gasteiger partial charge is 0.357 e. The van der Waals surface area contributed by atoms with E-state index in [1.165, 1.54) is 53.5 Å². The SMILES string of the molecule is CN1CCCC2c3cc(C(C)(C)C)cc4[nH]c(CS)c(c34)CC21. The van der Waals surface area contributed by atoms with Gasteiger partial charge in [0.05, 0.1) is 0 Å². The van der Waals surface area contributed by atoms with E-state index in [1.807, 2.05) is 0 Å². The molecule has 1 N–H and O–H groups in total. The van der Waals surface area contributed by atoms with Crippen molar-refractivity contribution in [2.45, 2.75) is 63.2 Å². The molecule has 2 nitrogen and oxygen atoms in total. The second-order valence-electron chi connectivity index (χ2n) is 8.48. The van der Waals surface area contributed by atoms with Crippen molar-refractivity contribution in [3.05, 3.63) is 34.5 Å². The number of H-pyrrole nitrogens is 1. The molecular formula is C20H28N2S. The normalized spacial score (nSPS) is 24.9. The highest BCUT2D eigenvalue weighted by molar-refractivity contribution is 7.79. The molecule has 1 aromatic carbocycles. The fraction of sp³-hybridized carbons (Fsp3) is 0.600. The van der Waals surface area contributed by atoms with Crippen LogP contribution in [0.3, 0.4) is 0 Å². The van der Waals surface area contributed by atoms with Crippen LogP contribution in [0.1, 0.15) is 61.9 Å². The number of likely N-dealkylation sites (tertiary alicyclic amines) is 1. The van der Waals surface area contributed by atoms with E-state index in [9.17, 15) is 0 Å². The van der Waals surface area contributed by atoms with Crippen LogP contribution in [0.5, 0.6) is 0 Å². The van der Waals surface area contributed by atoms with E-state index >= 15 is 0 Å². The van der Waals surface area contributed by atoms with Gasteiger partial charge < -0.3 is 9.88 Å². The average molecular weight is 329 g/mol. The molecule has 23 heavy (non-hydrogen) atoms. The van der Waals surface area contributed by atoms with Crippen molar-refractivity contribution in [3.63, 3.8) is 0 Å². The summed E-state index contributed by atoms with van der Waals surface area (Å²) in [6.07, 6.45) is 3.83. The van der Waals surface area contributed by atoms with Crippen molar-refractivity contribution in [2.24, 2.45) is 0 Å². The fourth-order valence-corrected chi connectivity index (χ4v) is 4.94. The Bertz CT molecular complexity index is 753. The molecular weight excluding hydrogens is 300 g/mol. The molecule has 2 aliphatic rings. The van der Waals surface area contributed by atoms with E-state index in [2.05, 4.69) is 62.5 Å². The van der Waals surface area contributed by atoms with Crippen molar-refractivity contribution in [3.8, 4) is 0 Å². The molecule has 1 aromatic heterocycles. The highest BCUT2D eigenvalue weighted by Gasteiger charge is 2.37. The molecule has 1 aliphatic heterocycles. The van der Waals surface area contributed by atoms with Crippen molar-refractivity contribution in [2.75, 3.05) is 13.6 Å².